The van der Waals surface area contributed by atoms with E-state index >= 15 is 0 Å². The molecule has 2 fully saturated rings. The normalized spacial score (nSPS) is 22.9. The second kappa shape index (κ2) is 9.53. The Labute approximate surface area is 151 Å². The summed E-state index contributed by atoms with van der Waals surface area (Å²) in [6.07, 6.45) is 2.65. The van der Waals surface area contributed by atoms with E-state index in [-0.39, 0.29) is 0 Å². The Morgan fingerprint density at radius 3 is 2.72 bits per heavy atom. The van der Waals surface area contributed by atoms with Crippen LogP contribution >= 0.6 is 0 Å². The molecule has 5 nitrogen and oxygen atoms in total. The molecule has 0 N–H and O–H groups in total. The van der Waals surface area contributed by atoms with E-state index < -0.39 is 0 Å². The minimum atomic E-state index is 0.594. The molecule has 25 heavy (non-hydrogen) atoms. The molecule has 2 aliphatic heterocycles. The van der Waals surface area contributed by atoms with Gasteiger partial charge in [0.15, 0.2) is 0 Å². The van der Waals surface area contributed by atoms with Crippen LogP contribution in [0.2, 0.25) is 0 Å². The van der Waals surface area contributed by atoms with Gasteiger partial charge in [-0.1, -0.05) is 6.07 Å². The average Bonchev–Trinajstić information content (AvgIpc) is 2.63. The van der Waals surface area contributed by atoms with Gasteiger partial charge in [0, 0.05) is 45.4 Å². The van der Waals surface area contributed by atoms with Crippen molar-refractivity contribution < 1.29 is 14.2 Å². The van der Waals surface area contributed by atoms with E-state index in [0.717, 1.165) is 50.1 Å². The maximum absolute atomic E-state index is 5.47. The molecular formula is C20H32N2O3. The summed E-state index contributed by atoms with van der Waals surface area (Å²) in [6.45, 7) is 9.20. The van der Waals surface area contributed by atoms with Crippen LogP contribution < -0.4 is 4.74 Å². The van der Waals surface area contributed by atoms with Crippen LogP contribution in [0, 0.1) is 5.92 Å². The van der Waals surface area contributed by atoms with Crippen molar-refractivity contribution in [3.8, 4) is 5.75 Å². The van der Waals surface area contributed by atoms with Crippen molar-refractivity contribution in [2.45, 2.75) is 26.0 Å². The Kier molecular flexibility index (Phi) is 7.11. The predicted octanol–water partition coefficient (Wildman–Crippen LogP) is 2.39. The molecule has 2 aliphatic rings. The zero-order valence-corrected chi connectivity index (χ0v) is 15.7. The Morgan fingerprint density at radius 2 is 1.96 bits per heavy atom. The zero-order chi connectivity index (χ0) is 17.5. The smallest absolute Gasteiger partial charge is 0.124 e. The number of ether oxygens (including phenoxy) is 3. The van der Waals surface area contributed by atoms with E-state index in [1.807, 2.05) is 0 Å². The molecule has 0 spiro atoms. The maximum Gasteiger partial charge on any atom is 0.124 e. The van der Waals surface area contributed by atoms with Crippen molar-refractivity contribution in [2.75, 3.05) is 60.2 Å². The van der Waals surface area contributed by atoms with Gasteiger partial charge in [-0.05, 0) is 43.0 Å². The van der Waals surface area contributed by atoms with Crippen molar-refractivity contribution >= 4 is 0 Å². The van der Waals surface area contributed by atoms with Gasteiger partial charge in [-0.2, -0.15) is 0 Å². The summed E-state index contributed by atoms with van der Waals surface area (Å²) in [5, 5.41) is 0. The Morgan fingerprint density at radius 1 is 1.12 bits per heavy atom. The van der Waals surface area contributed by atoms with E-state index in [9.17, 15) is 0 Å². The molecule has 0 aromatic heterocycles. The van der Waals surface area contributed by atoms with Crippen LogP contribution in [0.25, 0.3) is 0 Å². The van der Waals surface area contributed by atoms with Crippen LogP contribution in [-0.2, 0) is 22.6 Å². The van der Waals surface area contributed by atoms with Crippen LogP contribution in [0.1, 0.15) is 24.0 Å². The van der Waals surface area contributed by atoms with Gasteiger partial charge in [0.2, 0.25) is 0 Å². The minimum Gasteiger partial charge on any atom is -0.496 e. The molecule has 0 amide bonds. The number of rotatable bonds is 7. The number of methoxy groups -OCH3 is 2. The van der Waals surface area contributed by atoms with Crippen molar-refractivity contribution in [3.05, 3.63) is 29.3 Å². The van der Waals surface area contributed by atoms with Crippen molar-refractivity contribution in [2.24, 2.45) is 5.92 Å². The van der Waals surface area contributed by atoms with Crippen LogP contribution in [0.3, 0.4) is 0 Å². The third-order valence-electron chi connectivity index (χ3n) is 5.27. The lowest BCUT2D eigenvalue weighted by Gasteiger charge is -2.36. The largest absolute Gasteiger partial charge is 0.496 e. The fourth-order valence-electron chi connectivity index (χ4n) is 4.05. The molecule has 0 unspecified atom stereocenters. The lowest BCUT2D eigenvalue weighted by Crippen LogP contribution is -2.44. The lowest BCUT2D eigenvalue weighted by molar-refractivity contribution is 0.0224. The summed E-state index contributed by atoms with van der Waals surface area (Å²) in [5.74, 6) is 1.69. The fourth-order valence-corrected chi connectivity index (χ4v) is 4.05. The van der Waals surface area contributed by atoms with Gasteiger partial charge >= 0.3 is 0 Å². The molecule has 2 saturated heterocycles. The number of hydrogen-bond donors (Lipinski definition) is 0. The third-order valence-corrected chi connectivity index (χ3v) is 5.27. The highest BCUT2D eigenvalue weighted by molar-refractivity contribution is 5.37. The van der Waals surface area contributed by atoms with Crippen LogP contribution in [0.4, 0.5) is 0 Å². The lowest BCUT2D eigenvalue weighted by atomic mass is 9.96. The molecule has 140 valence electrons. The van der Waals surface area contributed by atoms with Crippen molar-refractivity contribution in [1.29, 1.82) is 0 Å². The highest BCUT2D eigenvalue weighted by Gasteiger charge is 2.23. The highest BCUT2D eigenvalue weighted by Crippen LogP contribution is 2.24. The molecule has 1 atom stereocenters. The number of piperidine rings is 1. The number of morpholine rings is 1. The third kappa shape index (κ3) is 5.42. The van der Waals surface area contributed by atoms with Gasteiger partial charge in [0.1, 0.15) is 5.75 Å². The molecule has 0 aliphatic carbocycles. The number of nitrogens with zero attached hydrogens (tertiary/aromatic N) is 2. The molecule has 2 heterocycles. The van der Waals surface area contributed by atoms with Crippen LogP contribution in [0.15, 0.2) is 18.2 Å². The second-order valence-electron chi connectivity index (χ2n) is 7.24. The van der Waals surface area contributed by atoms with Gasteiger partial charge in [-0.3, -0.25) is 9.80 Å². The minimum absolute atomic E-state index is 0.594. The van der Waals surface area contributed by atoms with Gasteiger partial charge in [-0.25, -0.2) is 0 Å². The van der Waals surface area contributed by atoms with Crippen molar-refractivity contribution in [3.63, 3.8) is 0 Å². The molecule has 0 radical (unpaired) electrons. The molecular weight excluding hydrogens is 316 g/mol. The van der Waals surface area contributed by atoms with E-state index in [0.29, 0.717) is 6.61 Å². The number of hydrogen-bond acceptors (Lipinski definition) is 5. The SMILES string of the molecule is COCc1cc(CN2CCC[C@@H](CN3CCOCC3)C2)ccc1OC. The van der Waals surface area contributed by atoms with E-state index in [1.165, 1.54) is 38.0 Å². The average molecular weight is 348 g/mol. The van der Waals surface area contributed by atoms with Crippen LogP contribution in [0.5, 0.6) is 5.75 Å². The highest BCUT2D eigenvalue weighted by atomic mass is 16.5. The van der Waals surface area contributed by atoms with Crippen LogP contribution in [-0.4, -0.2) is 70.0 Å². The molecule has 1 aromatic rings. The van der Waals surface area contributed by atoms with Gasteiger partial charge in [0.25, 0.3) is 0 Å². The van der Waals surface area contributed by atoms with Gasteiger partial charge in [0.05, 0.1) is 26.9 Å². The summed E-state index contributed by atoms with van der Waals surface area (Å²) in [5.41, 5.74) is 2.48. The summed E-state index contributed by atoms with van der Waals surface area (Å²) >= 11 is 0. The van der Waals surface area contributed by atoms with E-state index in [2.05, 4.69) is 28.0 Å². The number of benzene rings is 1. The topological polar surface area (TPSA) is 34.2 Å². The molecule has 3 rings (SSSR count). The predicted molar refractivity (Wildman–Crippen MR) is 99.0 cm³/mol. The Balaban J connectivity index is 1.55. The first kappa shape index (κ1) is 18.6. The van der Waals surface area contributed by atoms with E-state index in [1.54, 1.807) is 14.2 Å². The van der Waals surface area contributed by atoms with Crippen molar-refractivity contribution in [1.82, 2.24) is 9.80 Å². The second-order valence-corrected chi connectivity index (χ2v) is 7.24. The Hall–Kier alpha value is -1.14. The summed E-state index contributed by atoms with van der Waals surface area (Å²) in [7, 11) is 3.45. The summed E-state index contributed by atoms with van der Waals surface area (Å²) < 4.78 is 16.2. The first-order valence-corrected chi connectivity index (χ1v) is 9.45. The molecule has 0 saturated carbocycles. The van der Waals surface area contributed by atoms with Gasteiger partial charge in [-0.15, -0.1) is 0 Å². The first-order valence-electron chi connectivity index (χ1n) is 9.45. The zero-order valence-electron chi connectivity index (χ0n) is 15.7. The maximum atomic E-state index is 5.47. The Bertz CT molecular complexity index is 532. The summed E-state index contributed by atoms with van der Waals surface area (Å²) in [6, 6.07) is 6.48. The quantitative estimate of drug-likeness (QED) is 0.756. The van der Waals surface area contributed by atoms with Gasteiger partial charge < -0.3 is 14.2 Å². The molecule has 5 heteroatoms. The fraction of sp³-hybridized carbons (Fsp3) is 0.700. The number of likely N-dealkylation sites (tertiary alicyclic amines) is 1. The standard InChI is InChI=1S/C20H32N2O3/c1-23-16-19-12-17(5-6-20(19)24-2)13-22-7-3-4-18(15-22)14-21-8-10-25-11-9-21/h5-6,12,18H,3-4,7-11,13-16H2,1-2H3/t18-/m0/s1. The van der Waals surface area contributed by atoms with E-state index in [4.69, 9.17) is 14.2 Å². The monoisotopic (exact) mass is 348 g/mol. The summed E-state index contributed by atoms with van der Waals surface area (Å²) in [4.78, 5) is 5.18. The molecule has 0 bridgehead atoms. The first-order chi connectivity index (χ1) is 12.3. The molecule has 1 aromatic carbocycles.